The van der Waals surface area contributed by atoms with Crippen LogP contribution in [-0.2, 0) is 4.79 Å². The Bertz CT molecular complexity index is 899. The molecule has 1 N–H and O–H groups in total. The van der Waals surface area contributed by atoms with E-state index in [1.165, 1.54) is 23.1 Å². The van der Waals surface area contributed by atoms with Crippen LogP contribution in [0.2, 0.25) is 0 Å². The highest BCUT2D eigenvalue weighted by Gasteiger charge is 2.34. The second-order valence-electron chi connectivity index (χ2n) is 6.81. The van der Waals surface area contributed by atoms with Crippen LogP contribution in [0.1, 0.15) is 23.7 Å². The Morgan fingerprint density at radius 2 is 1.93 bits per heavy atom. The fourth-order valence-electron chi connectivity index (χ4n) is 3.37. The monoisotopic (exact) mass is 384 g/mol. The minimum atomic E-state index is -0.872. The zero-order valence-corrected chi connectivity index (χ0v) is 15.3. The number of aliphatic carboxylic acids is 1. The van der Waals surface area contributed by atoms with Crippen LogP contribution in [0.5, 0.6) is 11.5 Å². The van der Waals surface area contributed by atoms with Crippen LogP contribution in [0.3, 0.4) is 0 Å². The van der Waals surface area contributed by atoms with Gasteiger partial charge in [-0.1, -0.05) is 25.1 Å². The number of ether oxygens (including phenoxy) is 1. The Hall–Kier alpha value is -3.42. The number of nitro groups is 1. The van der Waals surface area contributed by atoms with Crippen molar-refractivity contribution in [3.05, 3.63) is 64.2 Å². The number of hydrogen-bond acceptors (Lipinski definition) is 5. The van der Waals surface area contributed by atoms with E-state index < -0.39 is 22.7 Å². The number of nitrogens with zero attached hydrogens (tertiary/aromatic N) is 2. The number of carbonyl (C=O) groups is 2. The van der Waals surface area contributed by atoms with Crippen molar-refractivity contribution < 1.29 is 24.4 Å². The van der Waals surface area contributed by atoms with Crippen LogP contribution >= 0.6 is 0 Å². The van der Waals surface area contributed by atoms with Crippen LogP contribution in [0.25, 0.3) is 0 Å². The zero-order chi connectivity index (χ0) is 20.3. The minimum Gasteiger partial charge on any atom is -0.481 e. The Kier molecular flexibility index (Phi) is 5.58. The van der Waals surface area contributed by atoms with E-state index in [-0.39, 0.29) is 36.0 Å². The first-order valence-electron chi connectivity index (χ1n) is 8.90. The molecule has 0 bridgehead atoms. The van der Waals surface area contributed by atoms with Crippen LogP contribution in [0.15, 0.2) is 48.5 Å². The van der Waals surface area contributed by atoms with Crippen molar-refractivity contribution in [2.45, 2.75) is 13.3 Å². The molecule has 0 aliphatic carbocycles. The average molecular weight is 384 g/mol. The maximum atomic E-state index is 13.1. The van der Waals surface area contributed by atoms with Crippen LogP contribution in [0.4, 0.5) is 5.69 Å². The summed E-state index contributed by atoms with van der Waals surface area (Å²) in [6.07, 6.45) is 0.339. The molecule has 8 heteroatoms. The maximum Gasteiger partial charge on any atom is 0.306 e. The minimum absolute atomic E-state index is 0.0824. The first-order valence-corrected chi connectivity index (χ1v) is 8.90. The normalized spacial score (nSPS) is 19.1. The van der Waals surface area contributed by atoms with Crippen molar-refractivity contribution >= 4 is 17.6 Å². The van der Waals surface area contributed by atoms with Gasteiger partial charge in [-0.15, -0.1) is 0 Å². The number of nitro benzene ring substituents is 1. The largest absolute Gasteiger partial charge is 0.481 e. The predicted molar refractivity (Wildman–Crippen MR) is 100 cm³/mol. The van der Waals surface area contributed by atoms with Crippen molar-refractivity contribution in [1.29, 1.82) is 0 Å². The lowest BCUT2D eigenvalue weighted by Crippen LogP contribution is -2.45. The van der Waals surface area contributed by atoms with Gasteiger partial charge in [-0.3, -0.25) is 19.7 Å². The topological polar surface area (TPSA) is 110 Å². The predicted octanol–water partition coefficient (Wildman–Crippen LogP) is 3.57. The fourth-order valence-corrected chi connectivity index (χ4v) is 3.37. The van der Waals surface area contributed by atoms with E-state index in [1.807, 2.05) is 6.07 Å². The molecule has 1 fully saturated rings. The highest BCUT2D eigenvalue weighted by molar-refractivity contribution is 5.98. The quantitative estimate of drug-likeness (QED) is 0.623. The third-order valence-electron chi connectivity index (χ3n) is 4.89. The molecule has 2 aromatic carbocycles. The smallest absolute Gasteiger partial charge is 0.306 e. The molecule has 146 valence electrons. The van der Waals surface area contributed by atoms with Crippen molar-refractivity contribution in [3.63, 3.8) is 0 Å². The van der Waals surface area contributed by atoms with E-state index in [2.05, 4.69) is 0 Å². The first kappa shape index (κ1) is 19.3. The van der Waals surface area contributed by atoms with Gasteiger partial charge in [0.2, 0.25) is 0 Å². The molecule has 2 aromatic rings. The van der Waals surface area contributed by atoms with E-state index in [0.717, 1.165) is 0 Å². The van der Waals surface area contributed by atoms with Gasteiger partial charge in [-0.25, -0.2) is 0 Å². The molecule has 8 nitrogen and oxygen atoms in total. The van der Waals surface area contributed by atoms with Crippen LogP contribution < -0.4 is 4.74 Å². The van der Waals surface area contributed by atoms with Crippen LogP contribution in [-0.4, -0.2) is 39.9 Å². The molecule has 1 heterocycles. The summed E-state index contributed by atoms with van der Waals surface area (Å²) in [5.41, 5.74) is -0.128. The lowest BCUT2D eigenvalue weighted by Gasteiger charge is -2.35. The maximum absolute atomic E-state index is 13.1. The van der Waals surface area contributed by atoms with Gasteiger partial charge in [0.25, 0.3) is 11.6 Å². The van der Waals surface area contributed by atoms with Gasteiger partial charge in [0.1, 0.15) is 11.5 Å². The molecule has 1 amide bonds. The van der Waals surface area contributed by atoms with Gasteiger partial charge < -0.3 is 14.7 Å². The summed E-state index contributed by atoms with van der Waals surface area (Å²) >= 11 is 0. The van der Waals surface area contributed by atoms with Crippen molar-refractivity contribution in [1.82, 2.24) is 4.90 Å². The van der Waals surface area contributed by atoms with Crippen LogP contribution in [0, 0.1) is 22.0 Å². The first-order chi connectivity index (χ1) is 13.4. The second kappa shape index (κ2) is 8.08. The van der Waals surface area contributed by atoms with Gasteiger partial charge in [0, 0.05) is 25.2 Å². The molecule has 2 atom stereocenters. The lowest BCUT2D eigenvalue weighted by atomic mass is 9.87. The summed E-state index contributed by atoms with van der Waals surface area (Å²) in [6.45, 7) is 2.32. The van der Waals surface area contributed by atoms with E-state index in [0.29, 0.717) is 12.2 Å². The molecule has 28 heavy (non-hydrogen) atoms. The molecule has 0 aromatic heterocycles. The Morgan fingerprint density at radius 1 is 1.21 bits per heavy atom. The fraction of sp³-hybridized carbons (Fsp3) is 0.300. The van der Waals surface area contributed by atoms with Crippen molar-refractivity contribution in [2.75, 3.05) is 13.1 Å². The summed E-state index contributed by atoms with van der Waals surface area (Å²) in [6, 6.07) is 12.7. The van der Waals surface area contributed by atoms with E-state index in [4.69, 9.17) is 4.74 Å². The SMILES string of the molecule is CC1CN(C(=O)c2cc([N+](=O)[O-])ccc2Oc2ccccc2)CCC1C(=O)O. The molecule has 1 aliphatic rings. The number of amides is 1. The van der Waals surface area contributed by atoms with E-state index in [9.17, 15) is 24.8 Å². The molecule has 2 unspecified atom stereocenters. The molecule has 3 rings (SSSR count). The molecule has 1 saturated heterocycles. The van der Waals surface area contributed by atoms with Gasteiger partial charge in [-0.2, -0.15) is 0 Å². The second-order valence-corrected chi connectivity index (χ2v) is 6.81. The Labute approximate surface area is 161 Å². The average Bonchev–Trinajstić information content (AvgIpc) is 2.68. The van der Waals surface area contributed by atoms with Gasteiger partial charge in [0.05, 0.1) is 16.4 Å². The van der Waals surface area contributed by atoms with Crippen molar-refractivity contribution in [3.8, 4) is 11.5 Å². The number of piperidine rings is 1. The van der Waals surface area contributed by atoms with Crippen molar-refractivity contribution in [2.24, 2.45) is 11.8 Å². The molecular formula is C20H20N2O6. The number of carboxylic acids is 1. The lowest BCUT2D eigenvalue weighted by molar-refractivity contribution is -0.384. The number of carbonyl (C=O) groups excluding carboxylic acids is 1. The number of carboxylic acid groups (broad SMARTS) is 1. The summed E-state index contributed by atoms with van der Waals surface area (Å²) in [7, 11) is 0. The molecule has 0 radical (unpaired) electrons. The summed E-state index contributed by atoms with van der Waals surface area (Å²) in [5.74, 6) is -1.28. The zero-order valence-electron chi connectivity index (χ0n) is 15.3. The van der Waals surface area contributed by atoms with Gasteiger partial charge >= 0.3 is 5.97 Å². The third kappa shape index (κ3) is 4.11. The summed E-state index contributed by atoms with van der Waals surface area (Å²) in [4.78, 5) is 36.5. The highest BCUT2D eigenvalue weighted by atomic mass is 16.6. The van der Waals surface area contributed by atoms with E-state index in [1.54, 1.807) is 31.2 Å². The standard InChI is InChI=1S/C20H20N2O6/c1-13-12-21(10-9-16(13)20(24)25)19(23)17-11-14(22(26)27)7-8-18(17)28-15-5-3-2-4-6-15/h2-8,11,13,16H,9-10,12H2,1H3,(H,24,25). The number of rotatable bonds is 5. The number of hydrogen-bond donors (Lipinski definition) is 1. The molecule has 0 spiro atoms. The number of non-ortho nitro benzene ring substituents is 1. The Morgan fingerprint density at radius 3 is 2.54 bits per heavy atom. The van der Waals surface area contributed by atoms with E-state index >= 15 is 0 Å². The summed E-state index contributed by atoms with van der Waals surface area (Å²) < 4.78 is 5.78. The molecule has 0 saturated carbocycles. The number of benzene rings is 2. The number of likely N-dealkylation sites (tertiary alicyclic amines) is 1. The highest BCUT2D eigenvalue weighted by Crippen LogP contribution is 2.32. The Balaban J connectivity index is 1.90. The summed E-state index contributed by atoms with van der Waals surface area (Å²) in [5, 5.41) is 20.4. The number of para-hydroxylation sites is 1. The molecular weight excluding hydrogens is 364 g/mol. The van der Waals surface area contributed by atoms with Gasteiger partial charge in [0.15, 0.2) is 0 Å². The third-order valence-corrected chi connectivity index (χ3v) is 4.89. The molecule has 1 aliphatic heterocycles. The van der Waals surface area contributed by atoms with Gasteiger partial charge in [-0.05, 0) is 30.5 Å².